The van der Waals surface area contributed by atoms with Crippen molar-refractivity contribution in [3.63, 3.8) is 0 Å². The van der Waals surface area contributed by atoms with E-state index in [9.17, 15) is 14.7 Å². The van der Waals surface area contributed by atoms with Crippen LogP contribution in [0, 0.1) is 0 Å². The van der Waals surface area contributed by atoms with E-state index in [1.165, 1.54) is 6.08 Å². The number of likely N-dealkylation sites (tertiary alicyclic amines) is 1. The van der Waals surface area contributed by atoms with E-state index in [0.29, 0.717) is 24.3 Å². The van der Waals surface area contributed by atoms with Gasteiger partial charge in [0, 0.05) is 30.3 Å². The smallest absolute Gasteiger partial charge is 0.250 e. The summed E-state index contributed by atoms with van der Waals surface area (Å²) in [4.78, 5) is 30.6. The van der Waals surface area contributed by atoms with Crippen LogP contribution < -0.4 is 5.73 Å². The number of hydrogen-bond donors (Lipinski definition) is 2. The molecule has 0 aliphatic carbocycles. The fourth-order valence-electron chi connectivity index (χ4n) is 4.30. The molecule has 0 bridgehead atoms. The van der Waals surface area contributed by atoms with Gasteiger partial charge in [-0.2, -0.15) is 0 Å². The van der Waals surface area contributed by atoms with Gasteiger partial charge >= 0.3 is 0 Å². The van der Waals surface area contributed by atoms with Crippen LogP contribution in [0.2, 0.25) is 0 Å². The minimum atomic E-state index is -0.737. The Morgan fingerprint density at radius 3 is 2.24 bits per heavy atom. The van der Waals surface area contributed by atoms with E-state index in [4.69, 9.17) is 10.7 Å². The zero-order chi connectivity index (χ0) is 23.4. The Morgan fingerprint density at radius 2 is 1.64 bits per heavy atom. The third-order valence-corrected chi connectivity index (χ3v) is 6.20. The van der Waals surface area contributed by atoms with Crippen LogP contribution >= 0.6 is 0 Å². The van der Waals surface area contributed by atoms with Gasteiger partial charge in [-0.05, 0) is 42.2 Å². The highest BCUT2D eigenvalue weighted by Crippen LogP contribution is 2.31. The van der Waals surface area contributed by atoms with E-state index in [-0.39, 0.29) is 11.8 Å². The van der Waals surface area contributed by atoms with Crippen LogP contribution in [0.4, 0.5) is 0 Å². The molecule has 1 aliphatic heterocycles. The summed E-state index contributed by atoms with van der Waals surface area (Å²) in [5, 5.41) is 10.7. The monoisotopic (exact) mass is 441 g/mol. The summed E-state index contributed by atoms with van der Waals surface area (Å²) in [6.45, 7) is 4.85. The number of hydrogen-bond acceptors (Lipinski definition) is 4. The van der Waals surface area contributed by atoms with Gasteiger partial charge in [0.25, 0.3) is 5.91 Å². The SMILES string of the molecule is C=CC(=O)N1CCC(c2ccc(C(N)=O)c(-c3ccc(C(O)c4ccccc4)cc3)n2)CC1. The number of amides is 2. The molecule has 168 valence electrons. The van der Waals surface area contributed by atoms with Crippen LogP contribution in [-0.4, -0.2) is 39.9 Å². The molecule has 4 rings (SSSR count). The van der Waals surface area contributed by atoms with E-state index >= 15 is 0 Å². The maximum Gasteiger partial charge on any atom is 0.250 e. The summed E-state index contributed by atoms with van der Waals surface area (Å²) in [7, 11) is 0. The number of aromatic nitrogens is 1. The van der Waals surface area contributed by atoms with Crippen molar-refractivity contribution in [3.8, 4) is 11.3 Å². The third-order valence-electron chi connectivity index (χ3n) is 6.20. The largest absolute Gasteiger partial charge is 0.384 e. The summed E-state index contributed by atoms with van der Waals surface area (Å²) >= 11 is 0. The lowest BCUT2D eigenvalue weighted by Crippen LogP contribution is -2.37. The lowest BCUT2D eigenvalue weighted by molar-refractivity contribution is -0.127. The molecule has 6 heteroatoms. The van der Waals surface area contributed by atoms with E-state index < -0.39 is 12.0 Å². The Bertz CT molecular complexity index is 1150. The van der Waals surface area contributed by atoms with E-state index in [2.05, 4.69) is 6.58 Å². The van der Waals surface area contributed by atoms with Gasteiger partial charge in [-0.3, -0.25) is 14.6 Å². The van der Waals surface area contributed by atoms with Crippen molar-refractivity contribution in [1.82, 2.24) is 9.88 Å². The normalized spacial score (nSPS) is 15.1. The minimum Gasteiger partial charge on any atom is -0.384 e. The lowest BCUT2D eigenvalue weighted by atomic mass is 9.91. The predicted molar refractivity (Wildman–Crippen MR) is 127 cm³/mol. The molecular formula is C27H27N3O3. The van der Waals surface area contributed by atoms with Crippen LogP contribution in [0.3, 0.4) is 0 Å². The molecule has 2 aromatic carbocycles. The first-order valence-corrected chi connectivity index (χ1v) is 11.0. The second-order valence-corrected chi connectivity index (χ2v) is 8.24. The molecule has 0 spiro atoms. The number of nitrogens with two attached hydrogens (primary N) is 1. The summed E-state index contributed by atoms with van der Waals surface area (Å²) in [5.41, 5.74) is 9.72. The first-order valence-electron chi connectivity index (χ1n) is 11.0. The highest BCUT2D eigenvalue weighted by molar-refractivity contribution is 5.98. The number of primary amides is 1. The van der Waals surface area contributed by atoms with Gasteiger partial charge in [-0.1, -0.05) is 61.2 Å². The zero-order valence-electron chi connectivity index (χ0n) is 18.4. The molecule has 0 radical (unpaired) electrons. The number of pyridine rings is 1. The Kier molecular flexibility index (Phi) is 6.66. The van der Waals surface area contributed by atoms with Crippen molar-refractivity contribution in [3.05, 3.63) is 102 Å². The second kappa shape index (κ2) is 9.79. The van der Waals surface area contributed by atoms with Gasteiger partial charge in [-0.15, -0.1) is 0 Å². The van der Waals surface area contributed by atoms with Gasteiger partial charge in [0.1, 0.15) is 6.10 Å². The van der Waals surface area contributed by atoms with Crippen LogP contribution in [0.25, 0.3) is 11.3 Å². The first-order chi connectivity index (χ1) is 16.0. The van der Waals surface area contributed by atoms with Crippen LogP contribution in [0.5, 0.6) is 0 Å². The van der Waals surface area contributed by atoms with Crippen LogP contribution in [0.15, 0.2) is 79.4 Å². The van der Waals surface area contributed by atoms with Crippen molar-refractivity contribution in [2.75, 3.05) is 13.1 Å². The average molecular weight is 442 g/mol. The molecular weight excluding hydrogens is 414 g/mol. The molecule has 1 unspecified atom stereocenters. The third kappa shape index (κ3) is 4.86. The van der Waals surface area contributed by atoms with Crippen LogP contribution in [-0.2, 0) is 4.79 Å². The van der Waals surface area contributed by atoms with Gasteiger partial charge < -0.3 is 15.7 Å². The van der Waals surface area contributed by atoms with Crippen molar-refractivity contribution in [2.24, 2.45) is 5.73 Å². The Labute approximate surface area is 193 Å². The molecule has 1 fully saturated rings. The topological polar surface area (TPSA) is 96.5 Å². The number of rotatable bonds is 6. The fourth-order valence-corrected chi connectivity index (χ4v) is 4.30. The Morgan fingerprint density at radius 1 is 1.00 bits per heavy atom. The molecule has 33 heavy (non-hydrogen) atoms. The number of aliphatic hydroxyl groups excluding tert-OH is 1. The van der Waals surface area contributed by atoms with E-state index in [0.717, 1.165) is 35.2 Å². The van der Waals surface area contributed by atoms with Crippen LogP contribution in [0.1, 0.15) is 52.0 Å². The number of carbonyl (C=O) groups excluding carboxylic acids is 2. The maximum absolute atomic E-state index is 12.1. The van der Waals surface area contributed by atoms with E-state index in [1.807, 2.05) is 60.7 Å². The summed E-state index contributed by atoms with van der Waals surface area (Å²) in [6, 6.07) is 20.4. The Balaban J connectivity index is 1.59. The van der Waals surface area contributed by atoms with Gasteiger partial charge in [0.2, 0.25) is 5.91 Å². The maximum atomic E-state index is 12.1. The molecule has 0 saturated carbocycles. The van der Waals surface area contributed by atoms with Gasteiger partial charge in [0.15, 0.2) is 0 Å². The van der Waals surface area contributed by atoms with Crippen molar-refractivity contribution < 1.29 is 14.7 Å². The average Bonchev–Trinajstić information content (AvgIpc) is 2.88. The number of piperidine rings is 1. The number of carbonyl (C=O) groups is 2. The predicted octanol–water partition coefficient (Wildman–Crippen LogP) is 3.82. The van der Waals surface area contributed by atoms with Gasteiger partial charge in [-0.25, -0.2) is 0 Å². The molecule has 3 aromatic rings. The molecule has 2 heterocycles. The minimum absolute atomic E-state index is 0.0519. The number of nitrogens with zero attached hydrogens (tertiary/aromatic N) is 2. The highest BCUT2D eigenvalue weighted by atomic mass is 16.3. The number of benzene rings is 2. The first kappa shape index (κ1) is 22.4. The van der Waals surface area contributed by atoms with E-state index in [1.54, 1.807) is 11.0 Å². The summed E-state index contributed by atoms with van der Waals surface area (Å²) in [5.74, 6) is -0.397. The van der Waals surface area contributed by atoms with Crippen molar-refractivity contribution in [1.29, 1.82) is 0 Å². The molecule has 1 saturated heterocycles. The molecule has 1 aliphatic rings. The number of aliphatic hydroxyl groups is 1. The summed E-state index contributed by atoms with van der Waals surface area (Å²) in [6.07, 6.45) is 2.20. The van der Waals surface area contributed by atoms with Crippen molar-refractivity contribution >= 4 is 11.8 Å². The van der Waals surface area contributed by atoms with Crippen molar-refractivity contribution in [2.45, 2.75) is 24.9 Å². The quantitative estimate of drug-likeness (QED) is 0.569. The molecule has 6 nitrogen and oxygen atoms in total. The lowest BCUT2D eigenvalue weighted by Gasteiger charge is -2.31. The zero-order valence-corrected chi connectivity index (χ0v) is 18.4. The molecule has 3 N–H and O–H groups in total. The molecule has 2 amide bonds. The summed E-state index contributed by atoms with van der Waals surface area (Å²) < 4.78 is 0. The Hall–Kier alpha value is -3.77. The highest BCUT2D eigenvalue weighted by Gasteiger charge is 2.25. The molecule has 1 aromatic heterocycles. The second-order valence-electron chi connectivity index (χ2n) is 8.24. The standard InChI is InChI=1S/C27H27N3O3/c1-2-24(31)30-16-14-18(15-17-30)23-13-12-22(27(28)33)25(29-23)19-8-10-21(11-9-19)26(32)20-6-4-3-5-7-20/h2-13,18,26,32H,1,14-17H2,(H2,28,33). The molecule has 1 atom stereocenters. The fraction of sp³-hybridized carbons (Fsp3) is 0.222. The van der Waals surface area contributed by atoms with Gasteiger partial charge in [0.05, 0.1) is 11.3 Å².